The molecule has 4 heterocycles. The van der Waals surface area contributed by atoms with Crippen LogP contribution < -0.4 is 5.32 Å². The van der Waals surface area contributed by atoms with Gasteiger partial charge in [-0.2, -0.15) is 0 Å². The molecule has 0 saturated heterocycles. The number of fused-ring (bicyclic) bond motifs is 1. The van der Waals surface area contributed by atoms with E-state index >= 15 is 0 Å². The lowest BCUT2D eigenvalue weighted by Gasteiger charge is -2.04. The Morgan fingerprint density at radius 2 is 1.94 bits per heavy atom. The van der Waals surface area contributed by atoms with Crippen molar-refractivity contribution in [3.63, 3.8) is 0 Å². The maximum atomic E-state index is 12.8. The molecule has 4 aromatic heterocycles. The van der Waals surface area contributed by atoms with Crippen LogP contribution >= 0.6 is 11.3 Å². The molecule has 0 radical (unpaired) electrons. The van der Waals surface area contributed by atoms with E-state index in [9.17, 15) is 4.79 Å². The molecular formula is C22H19N7OS. The number of aromatic amines is 1. The van der Waals surface area contributed by atoms with E-state index in [1.54, 1.807) is 18.3 Å². The number of nitrogens with zero attached hydrogens (tertiary/aromatic N) is 5. The first-order chi connectivity index (χ1) is 15.0. The van der Waals surface area contributed by atoms with Crippen LogP contribution in [0.15, 0.2) is 48.8 Å². The average molecular weight is 430 g/mol. The second-order valence-corrected chi connectivity index (χ2v) is 8.39. The highest BCUT2D eigenvalue weighted by Crippen LogP contribution is 2.34. The summed E-state index contributed by atoms with van der Waals surface area (Å²) in [7, 11) is 1.91. The Hall–Kier alpha value is -3.85. The van der Waals surface area contributed by atoms with Gasteiger partial charge in [0.25, 0.3) is 5.91 Å². The Bertz CT molecular complexity index is 1410. The number of thiazole rings is 1. The molecule has 9 heteroatoms. The van der Waals surface area contributed by atoms with Gasteiger partial charge in [-0.05, 0) is 38.1 Å². The fourth-order valence-corrected chi connectivity index (χ4v) is 4.27. The monoisotopic (exact) mass is 429 g/mol. The molecular weight excluding hydrogens is 410 g/mol. The van der Waals surface area contributed by atoms with Crippen LogP contribution in [0.4, 0.5) is 5.13 Å². The van der Waals surface area contributed by atoms with E-state index < -0.39 is 0 Å². The van der Waals surface area contributed by atoms with Gasteiger partial charge in [-0.15, -0.1) is 21.5 Å². The quantitative estimate of drug-likeness (QED) is 0.442. The molecule has 1 aromatic carbocycles. The van der Waals surface area contributed by atoms with Crippen molar-refractivity contribution in [2.45, 2.75) is 13.8 Å². The summed E-state index contributed by atoms with van der Waals surface area (Å²) in [4.78, 5) is 25.9. The normalized spacial score (nSPS) is 11.2. The van der Waals surface area contributed by atoms with Gasteiger partial charge >= 0.3 is 0 Å². The summed E-state index contributed by atoms with van der Waals surface area (Å²) in [5.41, 5.74) is 4.08. The molecule has 2 N–H and O–H groups in total. The number of anilines is 1. The number of carbonyl (C=O) groups is 1. The maximum absolute atomic E-state index is 12.8. The molecule has 0 aliphatic heterocycles. The summed E-state index contributed by atoms with van der Waals surface area (Å²) < 4.78 is 1.91. The van der Waals surface area contributed by atoms with Gasteiger partial charge in [-0.1, -0.05) is 12.1 Å². The number of rotatable bonds is 4. The van der Waals surface area contributed by atoms with Crippen LogP contribution in [0.2, 0.25) is 0 Å². The van der Waals surface area contributed by atoms with Crippen molar-refractivity contribution in [2.24, 2.45) is 7.05 Å². The number of benzene rings is 1. The van der Waals surface area contributed by atoms with E-state index in [-0.39, 0.29) is 5.91 Å². The first-order valence-electron chi connectivity index (χ1n) is 9.69. The second kappa shape index (κ2) is 7.44. The maximum Gasteiger partial charge on any atom is 0.257 e. The predicted molar refractivity (Wildman–Crippen MR) is 121 cm³/mol. The van der Waals surface area contributed by atoms with Crippen LogP contribution in [0.5, 0.6) is 0 Å². The fraction of sp³-hybridized carbons (Fsp3) is 0.136. The van der Waals surface area contributed by atoms with Crippen molar-refractivity contribution in [2.75, 3.05) is 5.32 Å². The lowest BCUT2D eigenvalue weighted by Crippen LogP contribution is -2.11. The fourth-order valence-electron chi connectivity index (χ4n) is 3.45. The smallest absolute Gasteiger partial charge is 0.257 e. The van der Waals surface area contributed by atoms with E-state index in [2.05, 4.69) is 30.5 Å². The van der Waals surface area contributed by atoms with Crippen LogP contribution in [-0.2, 0) is 7.05 Å². The van der Waals surface area contributed by atoms with E-state index in [0.29, 0.717) is 10.7 Å². The number of H-pyrrole nitrogens is 1. The molecule has 5 aromatic rings. The number of hydrogen-bond donors (Lipinski definition) is 2. The first kappa shape index (κ1) is 19.1. The van der Waals surface area contributed by atoms with E-state index in [1.165, 1.54) is 11.3 Å². The summed E-state index contributed by atoms with van der Waals surface area (Å²) in [5, 5.41) is 12.7. The van der Waals surface area contributed by atoms with Gasteiger partial charge in [0.1, 0.15) is 11.5 Å². The minimum Gasteiger partial charge on any atom is -0.345 e. The molecule has 8 nitrogen and oxygen atoms in total. The summed E-state index contributed by atoms with van der Waals surface area (Å²) in [6.07, 6.45) is 3.65. The van der Waals surface area contributed by atoms with Crippen LogP contribution in [-0.4, -0.2) is 35.6 Å². The number of pyridine rings is 1. The summed E-state index contributed by atoms with van der Waals surface area (Å²) in [5.74, 6) is 1.39. The number of nitrogens with one attached hydrogen (secondary N) is 2. The highest BCUT2D eigenvalue weighted by atomic mass is 32.1. The number of hydrogen-bond acceptors (Lipinski definition) is 6. The zero-order valence-electron chi connectivity index (χ0n) is 17.2. The average Bonchev–Trinajstić information content (AvgIpc) is 3.45. The van der Waals surface area contributed by atoms with Crippen molar-refractivity contribution in [3.05, 3.63) is 65.1 Å². The third-order valence-corrected chi connectivity index (χ3v) is 6.11. The third kappa shape index (κ3) is 3.38. The summed E-state index contributed by atoms with van der Waals surface area (Å²) in [6, 6.07) is 11.2. The molecule has 0 saturated carbocycles. The van der Waals surface area contributed by atoms with Gasteiger partial charge in [-0.25, -0.2) is 9.97 Å². The number of aromatic nitrogens is 6. The Balaban J connectivity index is 1.37. The largest absolute Gasteiger partial charge is 0.345 e. The minimum absolute atomic E-state index is 0.207. The molecule has 0 atom stereocenters. The highest BCUT2D eigenvalue weighted by molar-refractivity contribution is 7.16. The molecule has 31 heavy (non-hydrogen) atoms. The lowest BCUT2D eigenvalue weighted by molar-refractivity contribution is 0.102. The van der Waals surface area contributed by atoms with E-state index in [4.69, 9.17) is 0 Å². The number of aryl methyl sites for hydroxylation is 2. The Labute approximate surface area is 182 Å². The molecule has 0 bridgehead atoms. The van der Waals surface area contributed by atoms with Crippen molar-refractivity contribution >= 4 is 33.4 Å². The number of amides is 1. The SMILES string of the molecule is Cc1sc(NC(=O)c2ccc(-c3nnc(C)n3C)cc2)nc1-c1c[nH]c2ncccc12. The summed E-state index contributed by atoms with van der Waals surface area (Å²) in [6.45, 7) is 3.89. The molecule has 0 spiro atoms. The lowest BCUT2D eigenvalue weighted by atomic mass is 10.1. The molecule has 0 unspecified atom stereocenters. The van der Waals surface area contributed by atoms with Crippen molar-refractivity contribution in [1.29, 1.82) is 0 Å². The van der Waals surface area contributed by atoms with Gasteiger partial charge in [0.15, 0.2) is 11.0 Å². The molecule has 0 aliphatic rings. The van der Waals surface area contributed by atoms with Gasteiger partial charge in [0.05, 0.1) is 5.69 Å². The van der Waals surface area contributed by atoms with E-state index in [1.807, 2.05) is 55.9 Å². The van der Waals surface area contributed by atoms with Gasteiger partial charge in [-0.3, -0.25) is 10.1 Å². The van der Waals surface area contributed by atoms with Gasteiger partial charge in [0, 0.05) is 46.4 Å². The molecule has 0 fully saturated rings. The molecule has 1 amide bonds. The third-order valence-electron chi connectivity index (χ3n) is 5.22. The van der Waals surface area contributed by atoms with Crippen LogP contribution in [0.3, 0.4) is 0 Å². The van der Waals surface area contributed by atoms with E-state index in [0.717, 1.165) is 44.4 Å². The highest BCUT2D eigenvalue weighted by Gasteiger charge is 2.16. The van der Waals surface area contributed by atoms with Crippen LogP contribution in [0, 0.1) is 13.8 Å². The van der Waals surface area contributed by atoms with Crippen molar-refractivity contribution in [1.82, 2.24) is 29.7 Å². The Morgan fingerprint density at radius 3 is 2.68 bits per heavy atom. The van der Waals surface area contributed by atoms with Crippen molar-refractivity contribution < 1.29 is 4.79 Å². The Morgan fingerprint density at radius 1 is 1.13 bits per heavy atom. The number of carbonyl (C=O) groups excluding carboxylic acids is 1. The predicted octanol–water partition coefficient (Wildman–Crippen LogP) is 4.35. The van der Waals surface area contributed by atoms with Crippen LogP contribution in [0.1, 0.15) is 21.1 Å². The van der Waals surface area contributed by atoms with Gasteiger partial charge in [0.2, 0.25) is 0 Å². The zero-order chi connectivity index (χ0) is 21.5. The first-order valence-corrected chi connectivity index (χ1v) is 10.5. The summed E-state index contributed by atoms with van der Waals surface area (Å²) >= 11 is 1.45. The standard InChI is InChI=1S/C22H19N7OS/c1-12-18(17-11-24-19-16(17)5-4-10-23-19)25-22(31-12)26-21(30)15-8-6-14(7-9-15)20-28-27-13(2)29(20)3/h4-11H,1-3H3,(H,23,24)(H,25,26,30). The molecule has 5 rings (SSSR count). The topological polar surface area (TPSA) is 101 Å². The molecule has 154 valence electrons. The Kier molecular flexibility index (Phi) is 4.59. The second-order valence-electron chi connectivity index (χ2n) is 7.19. The zero-order valence-corrected chi connectivity index (χ0v) is 18.0. The van der Waals surface area contributed by atoms with Crippen LogP contribution in [0.25, 0.3) is 33.7 Å². The van der Waals surface area contributed by atoms with Gasteiger partial charge < -0.3 is 9.55 Å². The molecule has 0 aliphatic carbocycles. The van der Waals surface area contributed by atoms with Crippen molar-refractivity contribution in [3.8, 4) is 22.6 Å². The minimum atomic E-state index is -0.207.